The highest BCUT2D eigenvalue weighted by molar-refractivity contribution is 7.09. The minimum absolute atomic E-state index is 0.0206. The van der Waals surface area contributed by atoms with Crippen LogP contribution >= 0.6 is 11.5 Å². The molecule has 4 rings (SSSR count). The minimum Gasteiger partial charge on any atom is -0.395 e. The van der Waals surface area contributed by atoms with Gasteiger partial charge in [0.05, 0.1) is 5.69 Å². The van der Waals surface area contributed by atoms with Crippen molar-refractivity contribution in [3.8, 4) is 0 Å². The van der Waals surface area contributed by atoms with Gasteiger partial charge in [-0.1, -0.05) is 72.8 Å². The molecule has 0 aliphatic rings. The minimum atomic E-state index is -1.14. The number of halogens is 1. The van der Waals surface area contributed by atoms with Gasteiger partial charge in [-0.2, -0.15) is 4.37 Å². The zero-order valence-corrected chi connectivity index (χ0v) is 20.5. The van der Waals surface area contributed by atoms with Crippen LogP contribution < -0.4 is 16.8 Å². The molecule has 0 aliphatic heterocycles. The van der Waals surface area contributed by atoms with Gasteiger partial charge in [-0.25, -0.2) is 4.39 Å². The molecular weight excluding hydrogens is 493 g/mol. The molecule has 0 radical (unpaired) electrons. The lowest BCUT2D eigenvalue weighted by atomic mass is 10.0. The fraction of sp³-hybridized carbons (Fsp3) is 0.111. The summed E-state index contributed by atoms with van der Waals surface area (Å²) in [5.41, 5.74) is 13.0. The van der Waals surface area contributed by atoms with Gasteiger partial charge in [0.25, 0.3) is 11.8 Å². The van der Waals surface area contributed by atoms with Crippen molar-refractivity contribution in [1.29, 1.82) is 0 Å². The first-order chi connectivity index (χ1) is 17.8. The molecule has 0 spiro atoms. The molecular formula is C27H24FN5O3S. The first-order valence-corrected chi connectivity index (χ1v) is 12.1. The molecule has 37 heavy (non-hydrogen) atoms. The third kappa shape index (κ3) is 5.99. The summed E-state index contributed by atoms with van der Waals surface area (Å²) in [6.07, 6.45) is 0. The maximum absolute atomic E-state index is 13.9. The van der Waals surface area contributed by atoms with E-state index in [2.05, 4.69) is 9.69 Å². The van der Waals surface area contributed by atoms with E-state index in [1.54, 1.807) is 0 Å². The first-order valence-electron chi connectivity index (χ1n) is 11.3. The number of primary amides is 1. The van der Waals surface area contributed by atoms with Crippen LogP contribution in [0.2, 0.25) is 0 Å². The van der Waals surface area contributed by atoms with Crippen molar-refractivity contribution in [2.45, 2.75) is 19.1 Å². The molecule has 0 fully saturated rings. The summed E-state index contributed by atoms with van der Waals surface area (Å²) < 4.78 is 17.7. The number of anilines is 1. The quantitative estimate of drug-likeness (QED) is 0.312. The number of nitrogens with two attached hydrogens (primary N) is 2. The number of carbonyl (C=O) groups is 3. The second-order valence-electron chi connectivity index (χ2n) is 8.21. The summed E-state index contributed by atoms with van der Waals surface area (Å²) >= 11 is 0.730. The molecule has 0 aliphatic carbocycles. The summed E-state index contributed by atoms with van der Waals surface area (Å²) in [6.45, 7) is 0.253. The molecule has 3 aromatic carbocycles. The number of hydrogen-bond donors (Lipinski definition) is 3. The second-order valence-corrected chi connectivity index (χ2v) is 8.99. The largest absolute Gasteiger partial charge is 0.395 e. The van der Waals surface area contributed by atoms with Gasteiger partial charge in [0, 0.05) is 13.1 Å². The Morgan fingerprint density at radius 3 is 2.08 bits per heavy atom. The Morgan fingerprint density at radius 1 is 0.919 bits per heavy atom. The smallest absolute Gasteiger partial charge is 0.270 e. The van der Waals surface area contributed by atoms with Gasteiger partial charge in [-0.05, 0) is 40.4 Å². The Labute approximate surface area is 216 Å². The Balaban J connectivity index is 1.76. The Morgan fingerprint density at radius 2 is 1.51 bits per heavy atom. The zero-order chi connectivity index (χ0) is 26.4. The molecule has 10 heteroatoms. The fourth-order valence-electron chi connectivity index (χ4n) is 3.82. The summed E-state index contributed by atoms with van der Waals surface area (Å²) in [6, 6.07) is 22.6. The highest BCUT2D eigenvalue weighted by Gasteiger charge is 2.35. The third-order valence-electron chi connectivity index (χ3n) is 5.67. The van der Waals surface area contributed by atoms with Crippen molar-refractivity contribution >= 4 is 34.9 Å². The van der Waals surface area contributed by atoms with Crippen LogP contribution in [0.1, 0.15) is 42.9 Å². The Bertz CT molecular complexity index is 1390. The van der Waals surface area contributed by atoms with E-state index in [4.69, 9.17) is 11.5 Å². The summed E-state index contributed by atoms with van der Waals surface area (Å²) in [5, 5.41) is 2.88. The van der Waals surface area contributed by atoms with E-state index in [0.717, 1.165) is 22.7 Å². The van der Waals surface area contributed by atoms with Crippen molar-refractivity contribution < 1.29 is 18.8 Å². The van der Waals surface area contributed by atoms with Crippen molar-refractivity contribution in [2.75, 3.05) is 5.73 Å². The van der Waals surface area contributed by atoms with Crippen molar-refractivity contribution in [3.63, 3.8) is 0 Å². The zero-order valence-electron chi connectivity index (χ0n) is 19.6. The van der Waals surface area contributed by atoms with Crippen LogP contribution in [0.3, 0.4) is 0 Å². The third-order valence-corrected chi connectivity index (χ3v) is 6.52. The second kappa shape index (κ2) is 11.4. The van der Waals surface area contributed by atoms with Crippen LogP contribution in [-0.4, -0.2) is 27.0 Å². The average molecular weight is 518 g/mol. The molecule has 1 unspecified atom stereocenters. The predicted octanol–water partition coefficient (Wildman–Crippen LogP) is 3.66. The lowest BCUT2D eigenvalue weighted by molar-refractivity contribution is -0.126. The normalized spacial score (nSPS) is 11.5. The van der Waals surface area contributed by atoms with Crippen LogP contribution in [-0.2, 0) is 17.9 Å². The average Bonchev–Trinajstić information content (AvgIpc) is 3.30. The molecule has 1 atom stereocenters. The lowest BCUT2D eigenvalue weighted by Crippen LogP contribution is -2.43. The number of nitrogens with one attached hydrogen (secondary N) is 1. The van der Waals surface area contributed by atoms with E-state index in [1.807, 2.05) is 60.7 Å². The van der Waals surface area contributed by atoms with Crippen LogP contribution in [0.5, 0.6) is 0 Å². The van der Waals surface area contributed by atoms with E-state index in [1.165, 1.54) is 29.2 Å². The number of nitrogens with zero attached hydrogens (tertiary/aromatic N) is 2. The topological polar surface area (TPSA) is 131 Å². The molecule has 0 saturated heterocycles. The molecule has 1 heterocycles. The number of nitrogen functional groups attached to an aromatic ring is 1. The monoisotopic (exact) mass is 517 g/mol. The van der Waals surface area contributed by atoms with Crippen LogP contribution in [0.15, 0.2) is 84.9 Å². The molecule has 0 saturated carbocycles. The Hall–Kier alpha value is -4.57. The summed E-state index contributed by atoms with van der Waals surface area (Å²) in [4.78, 5) is 40.5. The van der Waals surface area contributed by atoms with E-state index in [0.29, 0.717) is 5.56 Å². The van der Waals surface area contributed by atoms with Crippen molar-refractivity contribution in [1.82, 2.24) is 14.6 Å². The molecule has 0 bridgehead atoms. The van der Waals surface area contributed by atoms with E-state index >= 15 is 0 Å². The molecule has 188 valence electrons. The molecule has 5 N–H and O–H groups in total. The predicted molar refractivity (Wildman–Crippen MR) is 139 cm³/mol. The van der Waals surface area contributed by atoms with Gasteiger partial charge < -0.3 is 21.7 Å². The molecule has 8 nitrogen and oxygen atoms in total. The van der Waals surface area contributed by atoms with Gasteiger partial charge in [0.15, 0.2) is 5.69 Å². The van der Waals surface area contributed by atoms with Crippen LogP contribution in [0.4, 0.5) is 10.1 Å². The van der Waals surface area contributed by atoms with Gasteiger partial charge in [-0.15, -0.1) is 0 Å². The number of benzene rings is 3. The fourth-order valence-corrected chi connectivity index (χ4v) is 4.58. The lowest BCUT2D eigenvalue weighted by Gasteiger charge is -2.31. The van der Waals surface area contributed by atoms with Crippen LogP contribution in [0.25, 0.3) is 0 Å². The van der Waals surface area contributed by atoms with Crippen molar-refractivity contribution in [2.24, 2.45) is 5.73 Å². The maximum Gasteiger partial charge on any atom is 0.270 e. The molecule has 1 aromatic heterocycles. The van der Waals surface area contributed by atoms with Crippen LogP contribution in [0, 0.1) is 5.82 Å². The van der Waals surface area contributed by atoms with Gasteiger partial charge >= 0.3 is 0 Å². The SMILES string of the molecule is NC(=O)c1nsc(C(=O)N(Cc2ccccc2)C(C(=O)NCc2ccccc2)c2ccc(F)cc2)c1N. The van der Waals surface area contributed by atoms with E-state index < -0.39 is 29.6 Å². The molecule has 4 aromatic rings. The standard InChI is InChI=1S/C27H24FN5O3S/c28-20-13-11-19(12-14-20)23(26(35)31-15-17-7-3-1-4-8-17)33(16-18-9-5-2-6-10-18)27(36)24-21(29)22(25(30)34)32-37-24/h1-14,23H,15-16,29H2,(H2,30,34)(H,31,35). The number of carbonyl (C=O) groups excluding carboxylic acids is 3. The Kier molecular flexibility index (Phi) is 7.89. The van der Waals surface area contributed by atoms with E-state index in [9.17, 15) is 18.8 Å². The summed E-state index contributed by atoms with van der Waals surface area (Å²) in [5.74, 6) is -2.43. The summed E-state index contributed by atoms with van der Waals surface area (Å²) in [7, 11) is 0. The first kappa shape index (κ1) is 25.5. The number of aromatic nitrogens is 1. The number of amides is 3. The number of rotatable bonds is 9. The van der Waals surface area contributed by atoms with Crippen molar-refractivity contribution in [3.05, 3.63) is 118 Å². The van der Waals surface area contributed by atoms with Gasteiger partial charge in [0.2, 0.25) is 5.91 Å². The van der Waals surface area contributed by atoms with E-state index in [-0.39, 0.29) is 29.3 Å². The maximum atomic E-state index is 13.9. The highest BCUT2D eigenvalue weighted by atomic mass is 32.1. The number of hydrogen-bond acceptors (Lipinski definition) is 6. The molecule has 3 amide bonds. The highest BCUT2D eigenvalue weighted by Crippen LogP contribution is 2.30. The van der Waals surface area contributed by atoms with Gasteiger partial charge in [-0.3, -0.25) is 14.4 Å². The van der Waals surface area contributed by atoms with Gasteiger partial charge in [0.1, 0.15) is 16.7 Å².